The molecule has 1 aromatic carbocycles. The third kappa shape index (κ3) is 7.92. The average molecular weight is 374 g/mol. The molecule has 0 fully saturated rings. The van der Waals surface area contributed by atoms with Gasteiger partial charge in [-0.15, -0.1) is 0 Å². The van der Waals surface area contributed by atoms with E-state index in [2.05, 4.69) is 18.7 Å². The third-order valence-electron chi connectivity index (χ3n) is 4.04. The lowest BCUT2D eigenvalue weighted by Crippen LogP contribution is -2.39. The van der Waals surface area contributed by atoms with E-state index in [0.717, 1.165) is 35.0 Å². The molecule has 1 unspecified atom stereocenters. The molecule has 144 valence electrons. The molecule has 1 N–H and O–H groups in total. The predicted octanol–water partition coefficient (Wildman–Crippen LogP) is 3.11. The zero-order valence-corrected chi connectivity index (χ0v) is 16.8. The molecular formula is C19H32ClNO4. The van der Waals surface area contributed by atoms with Crippen LogP contribution in [-0.2, 0) is 9.47 Å². The molecule has 0 aliphatic heterocycles. The largest absolute Gasteiger partial charge is 0.491 e. The van der Waals surface area contributed by atoms with Gasteiger partial charge in [0.25, 0.3) is 0 Å². The molecule has 0 heterocycles. The van der Waals surface area contributed by atoms with Crippen LogP contribution in [0.2, 0.25) is 5.02 Å². The lowest BCUT2D eigenvalue weighted by atomic mass is 10.0. The predicted molar refractivity (Wildman–Crippen MR) is 102 cm³/mol. The quantitative estimate of drug-likeness (QED) is 0.610. The first-order chi connectivity index (χ1) is 11.9. The molecule has 0 aromatic heterocycles. The molecule has 0 saturated carbocycles. The van der Waals surface area contributed by atoms with Crippen molar-refractivity contribution in [2.45, 2.75) is 32.8 Å². The number of aryl methyl sites for hydroxylation is 1. The number of hydrogen-bond acceptors (Lipinski definition) is 5. The number of benzene rings is 1. The van der Waals surface area contributed by atoms with Crippen molar-refractivity contribution >= 4 is 11.6 Å². The molecule has 1 aromatic rings. The second-order valence-corrected chi connectivity index (χ2v) is 6.95. The Hall–Kier alpha value is -0.850. The second-order valence-electron chi connectivity index (χ2n) is 6.54. The monoisotopic (exact) mass is 373 g/mol. The summed E-state index contributed by atoms with van der Waals surface area (Å²) < 4.78 is 16.2. The number of rotatable bonds is 12. The Labute approximate surface area is 156 Å². The number of nitrogens with zero attached hydrogens (tertiary/aromatic N) is 1. The lowest BCUT2D eigenvalue weighted by Gasteiger charge is -2.25. The minimum atomic E-state index is -0.593. The van der Waals surface area contributed by atoms with Crippen molar-refractivity contribution in [3.63, 3.8) is 0 Å². The molecule has 6 heteroatoms. The zero-order valence-electron chi connectivity index (χ0n) is 16.0. The number of methoxy groups -OCH3 is 2. The fraction of sp³-hybridized carbons (Fsp3) is 0.684. The highest BCUT2D eigenvalue weighted by Gasteiger charge is 2.15. The molecular weight excluding hydrogens is 342 g/mol. The van der Waals surface area contributed by atoms with E-state index < -0.39 is 6.10 Å². The van der Waals surface area contributed by atoms with Crippen LogP contribution < -0.4 is 4.74 Å². The minimum absolute atomic E-state index is 0.233. The van der Waals surface area contributed by atoms with Gasteiger partial charge >= 0.3 is 0 Å². The van der Waals surface area contributed by atoms with Crippen molar-refractivity contribution in [2.75, 3.05) is 53.7 Å². The number of aliphatic hydroxyl groups excluding tert-OH is 1. The number of aliphatic hydroxyl groups is 1. The first-order valence-electron chi connectivity index (χ1n) is 8.70. The summed E-state index contributed by atoms with van der Waals surface area (Å²) >= 11 is 6.22. The summed E-state index contributed by atoms with van der Waals surface area (Å²) in [6.07, 6.45) is -0.593. The fourth-order valence-corrected chi connectivity index (χ4v) is 2.69. The second kappa shape index (κ2) is 11.7. The SMILES string of the molecule is COCCN(CCOC)CC(O)COc1cc(C)c(Cl)cc1C(C)C. The van der Waals surface area contributed by atoms with Crippen molar-refractivity contribution in [3.8, 4) is 5.75 Å². The highest BCUT2D eigenvalue weighted by Crippen LogP contribution is 2.32. The van der Waals surface area contributed by atoms with Crippen LogP contribution >= 0.6 is 11.6 Å². The molecule has 1 rings (SSSR count). The summed E-state index contributed by atoms with van der Waals surface area (Å²) in [4.78, 5) is 2.11. The van der Waals surface area contributed by atoms with E-state index >= 15 is 0 Å². The molecule has 0 saturated heterocycles. The van der Waals surface area contributed by atoms with Crippen molar-refractivity contribution < 1.29 is 19.3 Å². The molecule has 0 bridgehead atoms. The molecule has 5 nitrogen and oxygen atoms in total. The van der Waals surface area contributed by atoms with Gasteiger partial charge < -0.3 is 19.3 Å². The fourth-order valence-electron chi connectivity index (χ4n) is 2.52. The van der Waals surface area contributed by atoms with E-state index in [1.807, 2.05) is 19.1 Å². The van der Waals surface area contributed by atoms with Gasteiger partial charge in [-0.05, 0) is 36.1 Å². The standard InChI is InChI=1S/C19H32ClNO4/c1-14(2)17-11-18(20)15(3)10-19(17)25-13-16(22)12-21(6-8-23-4)7-9-24-5/h10-11,14,16,22H,6-9,12-13H2,1-5H3. The van der Waals surface area contributed by atoms with E-state index in [4.69, 9.17) is 25.8 Å². The molecule has 0 aliphatic carbocycles. The first kappa shape index (κ1) is 22.2. The summed E-state index contributed by atoms with van der Waals surface area (Å²) in [6, 6.07) is 3.89. The van der Waals surface area contributed by atoms with E-state index in [0.29, 0.717) is 25.7 Å². The Kier molecular flexibility index (Phi) is 10.4. The molecule has 1 atom stereocenters. The number of ether oxygens (including phenoxy) is 3. The summed E-state index contributed by atoms with van der Waals surface area (Å²) in [6.45, 7) is 9.61. The van der Waals surface area contributed by atoms with Crippen LogP contribution in [-0.4, -0.2) is 69.8 Å². The van der Waals surface area contributed by atoms with Crippen molar-refractivity contribution in [1.29, 1.82) is 0 Å². The Morgan fingerprint density at radius 1 is 1.12 bits per heavy atom. The van der Waals surface area contributed by atoms with Crippen LogP contribution in [0.3, 0.4) is 0 Å². The average Bonchev–Trinajstić information content (AvgIpc) is 2.57. The number of halogens is 1. The van der Waals surface area contributed by atoms with Gasteiger partial charge in [0, 0.05) is 38.9 Å². The van der Waals surface area contributed by atoms with Gasteiger partial charge in [0.2, 0.25) is 0 Å². The van der Waals surface area contributed by atoms with Crippen LogP contribution in [0.1, 0.15) is 30.9 Å². The normalized spacial score (nSPS) is 12.8. The van der Waals surface area contributed by atoms with Crippen molar-refractivity contribution in [2.24, 2.45) is 0 Å². The highest BCUT2D eigenvalue weighted by molar-refractivity contribution is 6.31. The highest BCUT2D eigenvalue weighted by atomic mass is 35.5. The maximum absolute atomic E-state index is 10.4. The van der Waals surface area contributed by atoms with E-state index in [1.54, 1.807) is 14.2 Å². The van der Waals surface area contributed by atoms with Crippen LogP contribution in [0, 0.1) is 6.92 Å². The van der Waals surface area contributed by atoms with Crippen LogP contribution in [0.4, 0.5) is 0 Å². The van der Waals surface area contributed by atoms with Crippen LogP contribution in [0.5, 0.6) is 5.75 Å². The molecule has 25 heavy (non-hydrogen) atoms. The summed E-state index contributed by atoms with van der Waals surface area (Å²) in [5, 5.41) is 11.1. The van der Waals surface area contributed by atoms with Crippen LogP contribution in [0.25, 0.3) is 0 Å². The van der Waals surface area contributed by atoms with Gasteiger partial charge in [-0.2, -0.15) is 0 Å². The topological polar surface area (TPSA) is 51.2 Å². The van der Waals surface area contributed by atoms with Gasteiger partial charge in [0.05, 0.1) is 13.2 Å². The van der Waals surface area contributed by atoms with E-state index in [-0.39, 0.29) is 6.61 Å². The maximum Gasteiger partial charge on any atom is 0.123 e. The zero-order chi connectivity index (χ0) is 18.8. The molecule has 0 amide bonds. The van der Waals surface area contributed by atoms with E-state index in [9.17, 15) is 5.11 Å². The lowest BCUT2D eigenvalue weighted by molar-refractivity contribution is 0.0457. The van der Waals surface area contributed by atoms with Gasteiger partial charge in [0.15, 0.2) is 0 Å². The Balaban J connectivity index is 2.65. The third-order valence-corrected chi connectivity index (χ3v) is 4.44. The smallest absolute Gasteiger partial charge is 0.123 e. The summed E-state index contributed by atoms with van der Waals surface area (Å²) in [5.41, 5.74) is 2.02. The molecule has 0 radical (unpaired) electrons. The van der Waals surface area contributed by atoms with Gasteiger partial charge in [-0.3, -0.25) is 4.90 Å². The number of hydrogen-bond donors (Lipinski definition) is 1. The molecule has 0 spiro atoms. The minimum Gasteiger partial charge on any atom is -0.491 e. The Bertz CT molecular complexity index is 502. The van der Waals surface area contributed by atoms with E-state index in [1.165, 1.54) is 0 Å². The van der Waals surface area contributed by atoms with Crippen molar-refractivity contribution in [1.82, 2.24) is 4.90 Å². The van der Waals surface area contributed by atoms with Gasteiger partial charge in [0.1, 0.15) is 18.5 Å². The summed E-state index contributed by atoms with van der Waals surface area (Å²) in [7, 11) is 3.34. The summed E-state index contributed by atoms with van der Waals surface area (Å²) in [5.74, 6) is 1.08. The van der Waals surface area contributed by atoms with Crippen LogP contribution in [0.15, 0.2) is 12.1 Å². The van der Waals surface area contributed by atoms with Crippen molar-refractivity contribution in [3.05, 3.63) is 28.3 Å². The first-order valence-corrected chi connectivity index (χ1v) is 9.08. The Morgan fingerprint density at radius 3 is 2.24 bits per heavy atom. The van der Waals surface area contributed by atoms with Gasteiger partial charge in [-0.25, -0.2) is 0 Å². The Morgan fingerprint density at radius 2 is 1.72 bits per heavy atom. The maximum atomic E-state index is 10.4. The molecule has 0 aliphatic rings. The van der Waals surface area contributed by atoms with Gasteiger partial charge in [-0.1, -0.05) is 25.4 Å².